The molecule has 0 N–H and O–H groups in total. The first-order valence-electron chi connectivity index (χ1n) is 10.3. The van der Waals surface area contributed by atoms with Gasteiger partial charge >= 0.3 is 0 Å². The number of ether oxygens (including phenoxy) is 3. The van der Waals surface area contributed by atoms with Gasteiger partial charge in [0.05, 0.1) is 14.2 Å². The minimum atomic E-state index is 0.497. The zero-order chi connectivity index (χ0) is 21.6. The van der Waals surface area contributed by atoms with Gasteiger partial charge in [0.1, 0.15) is 23.9 Å². The zero-order valence-corrected chi connectivity index (χ0v) is 18.1. The zero-order valence-electron chi connectivity index (χ0n) is 18.1. The van der Waals surface area contributed by atoms with Gasteiger partial charge in [-0.2, -0.15) is 0 Å². The molecule has 0 saturated heterocycles. The monoisotopic (exact) mass is 410 g/mol. The fraction of sp³-hybridized carbons (Fsp3) is 0.143. The van der Waals surface area contributed by atoms with Gasteiger partial charge in [-0.05, 0) is 53.4 Å². The average Bonchev–Trinajstić information content (AvgIpc) is 2.83. The van der Waals surface area contributed by atoms with Gasteiger partial charge in [-0.25, -0.2) is 0 Å². The largest absolute Gasteiger partial charge is 0.497 e. The van der Waals surface area contributed by atoms with Crippen molar-refractivity contribution in [3.05, 3.63) is 102 Å². The number of hydrogen-bond acceptors (Lipinski definition) is 3. The summed E-state index contributed by atoms with van der Waals surface area (Å²) in [6.07, 6.45) is 0. The van der Waals surface area contributed by atoms with Gasteiger partial charge < -0.3 is 14.2 Å². The van der Waals surface area contributed by atoms with Gasteiger partial charge in [-0.3, -0.25) is 0 Å². The second-order valence-electron chi connectivity index (χ2n) is 7.37. The van der Waals surface area contributed by atoms with E-state index in [1.165, 1.54) is 0 Å². The van der Waals surface area contributed by atoms with Gasteiger partial charge in [0.25, 0.3) is 0 Å². The number of rotatable bonds is 7. The summed E-state index contributed by atoms with van der Waals surface area (Å²) in [5.74, 6) is 2.54. The van der Waals surface area contributed by atoms with Crippen LogP contribution in [0.5, 0.6) is 17.2 Å². The first-order chi connectivity index (χ1) is 15.2. The highest BCUT2D eigenvalue weighted by Gasteiger charge is 2.17. The van der Waals surface area contributed by atoms with Crippen LogP contribution in [-0.2, 0) is 6.61 Å². The molecule has 0 radical (unpaired) electrons. The van der Waals surface area contributed by atoms with Crippen molar-refractivity contribution >= 4 is 0 Å². The summed E-state index contributed by atoms with van der Waals surface area (Å²) in [7, 11) is 3.36. The van der Waals surface area contributed by atoms with Crippen LogP contribution in [0.4, 0.5) is 0 Å². The van der Waals surface area contributed by atoms with Crippen LogP contribution in [0.1, 0.15) is 11.1 Å². The molecule has 0 aromatic heterocycles. The number of methoxy groups -OCH3 is 2. The summed E-state index contributed by atoms with van der Waals surface area (Å²) in [5, 5.41) is 0. The third-order valence-corrected chi connectivity index (χ3v) is 5.37. The molecule has 0 saturated carbocycles. The predicted molar refractivity (Wildman–Crippen MR) is 126 cm³/mol. The van der Waals surface area contributed by atoms with Gasteiger partial charge in [0.2, 0.25) is 0 Å². The maximum Gasteiger partial charge on any atom is 0.135 e. The van der Waals surface area contributed by atoms with E-state index in [0.29, 0.717) is 6.61 Å². The van der Waals surface area contributed by atoms with E-state index in [9.17, 15) is 0 Å². The third-order valence-electron chi connectivity index (χ3n) is 5.37. The Balaban J connectivity index is 1.83. The summed E-state index contributed by atoms with van der Waals surface area (Å²) in [4.78, 5) is 0. The molecule has 0 spiro atoms. The molecule has 156 valence electrons. The molecule has 31 heavy (non-hydrogen) atoms. The van der Waals surface area contributed by atoms with Gasteiger partial charge in [0.15, 0.2) is 0 Å². The minimum Gasteiger partial charge on any atom is -0.497 e. The van der Waals surface area contributed by atoms with Crippen LogP contribution >= 0.6 is 0 Å². The quantitative estimate of drug-likeness (QED) is 0.331. The second-order valence-corrected chi connectivity index (χ2v) is 7.37. The van der Waals surface area contributed by atoms with E-state index in [2.05, 4.69) is 55.5 Å². The van der Waals surface area contributed by atoms with Crippen LogP contribution in [-0.4, -0.2) is 14.2 Å². The molecule has 0 atom stereocenters. The molecular formula is C28H26O3. The van der Waals surface area contributed by atoms with Crippen molar-refractivity contribution in [3.63, 3.8) is 0 Å². The minimum absolute atomic E-state index is 0.497. The Morgan fingerprint density at radius 2 is 1.19 bits per heavy atom. The van der Waals surface area contributed by atoms with E-state index in [0.717, 1.165) is 50.6 Å². The maximum absolute atomic E-state index is 6.49. The van der Waals surface area contributed by atoms with Crippen LogP contribution in [0.15, 0.2) is 91.0 Å². The van der Waals surface area contributed by atoms with Crippen LogP contribution in [0.25, 0.3) is 22.3 Å². The Hall–Kier alpha value is -3.72. The normalized spacial score (nSPS) is 10.5. The molecule has 0 amide bonds. The standard InChI is InChI=1S/C28H26O3/c1-20-9-18-26(22-10-14-24(29-2)15-11-22)28(31-19-21-7-5-4-6-8-21)27(20)23-12-16-25(30-3)17-13-23/h4-18H,19H2,1-3H3. The highest BCUT2D eigenvalue weighted by Crippen LogP contribution is 2.42. The van der Waals surface area contributed by atoms with E-state index in [1.54, 1.807) is 14.2 Å². The summed E-state index contributed by atoms with van der Waals surface area (Å²) in [6.45, 7) is 2.61. The van der Waals surface area contributed by atoms with E-state index < -0.39 is 0 Å². The molecular weight excluding hydrogens is 384 g/mol. The molecule has 0 aliphatic carbocycles. The summed E-state index contributed by atoms with van der Waals surface area (Å²) in [5.41, 5.74) is 6.60. The lowest BCUT2D eigenvalue weighted by atomic mass is 9.93. The number of benzene rings is 4. The second kappa shape index (κ2) is 9.40. The van der Waals surface area contributed by atoms with Crippen molar-refractivity contribution in [2.45, 2.75) is 13.5 Å². The SMILES string of the molecule is COc1ccc(-c2ccc(C)c(-c3ccc(OC)cc3)c2OCc2ccccc2)cc1. The third kappa shape index (κ3) is 4.56. The summed E-state index contributed by atoms with van der Waals surface area (Å²) in [6, 6.07) is 30.7. The molecule has 0 aliphatic rings. The molecule has 3 nitrogen and oxygen atoms in total. The molecule has 0 heterocycles. The summed E-state index contributed by atoms with van der Waals surface area (Å²) >= 11 is 0. The Morgan fingerprint density at radius 3 is 1.77 bits per heavy atom. The molecule has 4 aromatic rings. The number of aryl methyl sites for hydroxylation is 1. The van der Waals surface area contributed by atoms with Crippen LogP contribution < -0.4 is 14.2 Å². The first-order valence-corrected chi connectivity index (χ1v) is 10.3. The molecule has 4 rings (SSSR count). The van der Waals surface area contributed by atoms with E-state index in [4.69, 9.17) is 14.2 Å². The Morgan fingerprint density at radius 1 is 0.613 bits per heavy atom. The van der Waals surface area contributed by atoms with Gasteiger partial charge in [-0.1, -0.05) is 66.7 Å². The van der Waals surface area contributed by atoms with Gasteiger partial charge in [0, 0.05) is 11.1 Å². The highest BCUT2D eigenvalue weighted by atomic mass is 16.5. The van der Waals surface area contributed by atoms with Gasteiger partial charge in [-0.15, -0.1) is 0 Å². The Bertz CT molecular complexity index is 1130. The Kier molecular flexibility index (Phi) is 6.23. The topological polar surface area (TPSA) is 27.7 Å². The first kappa shape index (κ1) is 20.5. The van der Waals surface area contributed by atoms with Crippen LogP contribution in [0.2, 0.25) is 0 Å². The maximum atomic E-state index is 6.49. The van der Waals surface area contributed by atoms with Crippen molar-refractivity contribution in [3.8, 4) is 39.5 Å². The highest BCUT2D eigenvalue weighted by molar-refractivity contribution is 5.84. The fourth-order valence-electron chi connectivity index (χ4n) is 3.68. The van der Waals surface area contributed by atoms with Crippen LogP contribution in [0, 0.1) is 6.92 Å². The lowest BCUT2D eigenvalue weighted by molar-refractivity contribution is 0.308. The Labute approximate surface area is 183 Å². The molecule has 3 heteroatoms. The average molecular weight is 411 g/mol. The molecule has 0 bridgehead atoms. The number of hydrogen-bond donors (Lipinski definition) is 0. The smallest absolute Gasteiger partial charge is 0.135 e. The van der Waals surface area contributed by atoms with Crippen molar-refractivity contribution in [1.29, 1.82) is 0 Å². The molecule has 0 fully saturated rings. The lowest BCUT2D eigenvalue weighted by Gasteiger charge is -2.19. The van der Waals surface area contributed by atoms with E-state index in [-0.39, 0.29) is 0 Å². The summed E-state index contributed by atoms with van der Waals surface area (Å²) < 4.78 is 17.2. The van der Waals surface area contributed by atoms with Crippen LogP contribution in [0.3, 0.4) is 0 Å². The van der Waals surface area contributed by atoms with E-state index in [1.807, 2.05) is 42.5 Å². The molecule has 0 aliphatic heterocycles. The molecule has 0 unspecified atom stereocenters. The van der Waals surface area contributed by atoms with Crippen molar-refractivity contribution in [2.24, 2.45) is 0 Å². The molecule has 4 aromatic carbocycles. The van der Waals surface area contributed by atoms with E-state index >= 15 is 0 Å². The lowest BCUT2D eigenvalue weighted by Crippen LogP contribution is -2.00. The predicted octanol–water partition coefficient (Wildman–Crippen LogP) is 6.93. The van der Waals surface area contributed by atoms with Crippen molar-refractivity contribution < 1.29 is 14.2 Å². The fourth-order valence-corrected chi connectivity index (χ4v) is 3.68. The van der Waals surface area contributed by atoms with Crippen molar-refractivity contribution in [2.75, 3.05) is 14.2 Å². The van der Waals surface area contributed by atoms with Crippen molar-refractivity contribution in [1.82, 2.24) is 0 Å².